The zero-order valence-electron chi connectivity index (χ0n) is 11.9. The number of carbonyl (C=O) groups is 1. The average Bonchev–Trinajstić information content (AvgIpc) is 3.15. The molecule has 2 aromatic rings. The van der Waals surface area contributed by atoms with Gasteiger partial charge >= 0.3 is 0 Å². The van der Waals surface area contributed by atoms with E-state index in [9.17, 15) is 9.90 Å². The molecule has 3 rings (SSSR count). The van der Waals surface area contributed by atoms with Gasteiger partial charge in [0.05, 0.1) is 23.9 Å². The topological polar surface area (TPSA) is 69.9 Å². The lowest BCUT2D eigenvalue weighted by atomic mass is 10.2. The number of hydrogen-bond donors (Lipinski definition) is 2. The monoisotopic (exact) mass is 288 g/mol. The summed E-state index contributed by atoms with van der Waals surface area (Å²) in [6.07, 6.45) is 5.64. The molecule has 0 radical (unpaired) electrons. The Hall–Kier alpha value is -1.92. The summed E-state index contributed by atoms with van der Waals surface area (Å²) in [5.74, 6) is -0.0704. The van der Waals surface area contributed by atoms with E-state index in [1.807, 2.05) is 24.4 Å². The Morgan fingerprint density at radius 1 is 1.52 bits per heavy atom. The highest BCUT2D eigenvalue weighted by atomic mass is 16.3. The summed E-state index contributed by atoms with van der Waals surface area (Å²) >= 11 is 0. The van der Waals surface area contributed by atoms with Crippen molar-refractivity contribution in [2.75, 3.05) is 26.2 Å². The van der Waals surface area contributed by atoms with Gasteiger partial charge in [-0.1, -0.05) is 6.07 Å². The third-order valence-electron chi connectivity index (χ3n) is 3.92. The minimum atomic E-state index is -0.0704. The van der Waals surface area contributed by atoms with Crippen molar-refractivity contribution < 1.29 is 9.90 Å². The highest BCUT2D eigenvalue weighted by Gasteiger charge is 2.24. The molecule has 1 aliphatic heterocycles. The summed E-state index contributed by atoms with van der Waals surface area (Å²) in [5.41, 5.74) is 1.38. The molecule has 0 aromatic carbocycles. The maximum atomic E-state index is 12.7. The van der Waals surface area contributed by atoms with Gasteiger partial charge in [0.2, 0.25) is 0 Å². The van der Waals surface area contributed by atoms with Crippen molar-refractivity contribution in [3.63, 3.8) is 0 Å². The number of carbonyl (C=O) groups excluding carboxylic acids is 1. The molecule has 0 saturated carbocycles. The van der Waals surface area contributed by atoms with Crippen LogP contribution in [0, 0.1) is 0 Å². The van der Waals surface area contributed by atoms with Crippen molar-refractivity contribution in [3.8, 4) is 0 Å². The Morgan fingerprint density at radius 3 is 3.19 bits per heavy atom. The standard InChI is InChI=1S/C15H20N4O2/c20-9-8-18(11-12-4-3-6-16-12)15(21)13-10-17-19-7-2-1-5-14(13)19/h1-2,5,7,10,12,16,20H,3-4,6,8-9,11H2. The van der Waals surface area contributed by atoms with E-state index >= 15 is 0 Å². The van der Waals surface area contributed by atoms with Crippen LogP contribution in [0.15, 0.2) is 30.6 Å². The van der Waals surface area contributed by atoms with Gasteiger partial charge in [0.1, 0.15) is 0 Å². The molecule has 6 heteroatoms. The smallest absolute Gasteiger partial charge is 0.257 e. The summed E-state index contributed by atoms with van der Waals surface area (Å²) in [6, 6.07) is 5.97. The van der Waals surface area contributed by atoms with Gasteiger partial charge in [0.15, 0.2) is 0 Å². The summed E-state index contributed by atoms with van der Waals surface area (Å²) < 4.78 is 1.69. The molecule has 1 aliphatic rings. The Bertz CT molecular complexity index is 619. The van der Waals surface area contributed by atoms with Gasteiger partial charge in [-0.25, -0.2) is 4.52 Å². The van der Waals surface area contributed by atoms with Gasteiger partial charge in [-0.15, -0.1) is 0 Å². The van der Waals surface area contributed by atoms with Crippen molar-refractivity contribution in [1.29, 1.82) is 0 Å². The lowest BCUT2D eigenvalue weighted by Crippen LogP contribution is -2.42. The van der Waals surface area contributed by atoms with Gasteiger partial charge in [-0.3, -0.25) is 4.79 Å². The number of hydrogen-bond acceptors (Lipinski definition) is 4. The number of pyridine rings is 1. The third-order valence-corrected chi connectivity index (χ3v) is 3.92. The molecular formula is C15H20N4O2. The average molecular weight is 288 g/mol. The van der Waals surface area contributed by atoms with Crippen LogP contribution in [0.5, 0.6) is 0 Å². The molecule has 1 amide bonds. The first-order valence-corrected chi connectivity index (χ1v) is 7.35. The van der Waals surface area contributed by atoms with Crippen LogP contribution in [-0.4, -0.2) is 57.8 Å². The van der Waals surface area contributed by atoms with E-state index in [4.69, 9.17) is 0 Å². The Kier molecular flexibility index (Phi) is 4.17. The fourth-order valence-corrected chi connectivity index (χ4v) is 2.84. The zero-order chi connectivity index (χ0) is 14.7. The molecule has 1 saturated heterocycles. The van der Waals surface area contributed by atoms with Crippen LogP contribution in [-0.2, 0) is 0 Å². The number of rotatable bonds is 5. The second kappa shape index (κ2) is 6.24. The van der Waals surface area contributed by atoms with Gasteiger partial charge < -0.3 is 15.3 Å². The molecule has 0 spiro atoms. The van der Waals surface area contributed by atoms with E-state index in [2.05, 4.69) is 10.4 Å². The number of aliphatic hydroxyl groups is 1. The van der Waals surface area contributed by atoms with E-state index in [0.29, 0.717) is 24.7 Å². The minimum Gasteiger partial charge on any atom is -0.395 e. The van der Waals surface area contributed by atoms with Gasteiger partial charge in [0, 0.05) is 25.3 Å². The molecule has 0 aliphatic carbocycles. The number of aromatic nitrogens is 2. The zero-order valence-corrected chi connectivity index (χ0v) is 11.9. The first-order valence-electron chi connectivity index (χ1n) is 7.35. The molecule has 6 nitrogen and oxygen atoms in total. The second-order valence-electron chi connectivity index (χ2n) is 5.36. The summed E-state index contributed by atoms with van der Waals surface area (Å²) in [4.78, 5) is 14.4. The molecule has 112 valence electrons. The van der Waals surface area contributed by atoms with Crippen molar-refractivity contribution in [2.24, 2.45) is 0 Å². The van der Waals surface area contributed by atoms with Crippen molar-refractivity contribution in [1.82, 2.24) is 19.8 Å². The summed E-state index contributed by atoms with van der Waals surface area (Å²) in [5, 5.41) is 16.8. The van der Waals surface area contributed by atoms with Gasteiger partial charge in [-0.05, 0) is 31.5 Å². The van der Waals surface area contributed by atoms with Crippen LogP contribution < -0.4 is 5.32 Å². The minimum absolute atomic E-state index is 0.0301. The second-order valence-corrected chi connectivity index (χ2v) is 5.36. The SMILES string of the molecule is O=C(c1cnn2ccccc12)N(CCO)CC1CCCN1. The molecule has 1 unspecified atom stereocenters. The molecule has 3 heterocycles. The highest BCUT2D eigenvalue weighted by molar-refractivity contribution is 6.00. The van der Waals surface area contributed by atoms with Crippen LogP contribution in [0.25, 0.3) is 5.52 Å². The fraction of sp³-hybridized carbons (Fsp3) is 0.467. The third kappa shape index (κ3) is 2.91. The predicted molar refractivity (Wildman–Crippen MR) is 79.2 cm³/mol. The predicted octanol–water partition coefficient (Wildman–Crippen LogP) is 0.521. The molecule has 0 bridgehead atoms. The first-order chi connectivity index (χ1) is 10.3. The van der Waals surface area contributed by atoms with E-state index in [-0.39, 0.29) is 12.5 Å². The van der Waals surface area contributed by atoms with Crippen molar-refractivity contribution in [2.45, 2.75) is 18.9 Å². The molecule has 1 fully saturated rings. The Morgan fingerprint density at radius 2 is 2.43 bits per heavy atom. The number of aliphatic hydroxyl groups excluding tert-OH is 1. The first kappa shape index (κ1) is 14.0. The molecule has 21 heavy (non-hydrogen) atoms. The molecular weight excluding hydrogens is 268 g/mol. The number of amides is 1. The summed E-state index contributed by atoms with van der Waals surface area (Å²) in [6.45, 7) is 1.95. The van der Waals surface area contributed by atoms with Crippen LogP contribution in [0.2, 0.25) is 0 Å². The summed E-state index contributed by atoms with van der Waals surface area (Å²) in [7, 11) is 0. The maximum absolute atomic E-state index is 12.7. The van der Waals surface area contributed by atoms with E-state index in [1.54, 1.807) is 15.6 Å². The quantitative estimate of drug-likeness (QED) is 0.841. The van der Waals surface area contributed by atoms with Gasteiger partial charge in [0.25, 0.3) is 5.91 Å². The molecule has 2 N–H and O–H groups in total. The van der Waals surface area contributed by atoms with Crippen molar-refractivity contribution >= 4 is 11.4 Å². The highest BCUT2D eigenvalue weighted by Crippen LogP contribution is 2.14. The van der Waals surface area contributed by atoms with Crippen LogP contribution in [0.4, 0.5) is 0 Å². The van der Waals surface area contributed by atoms with E-state index < -0.39 is 0 Å². The number of nitrogens with one attached hydrogen (secondary N) is 1. The lowest BCUT2D eigenvalue weighted by Gasteiger charge is -2.24. The maximum Gasteiger partial charge on any atom is 0.257 e. The van der Waals surface area contributed by atoms with Crippen LogP contribution in [0.1, 0.15) is 23.2 Å². The molecule has 1 atom stereocenters. The van der Waals surface area contributed by atoms with Gasteiger partial charge in [-0.2, -0.15) is 5.10 Å². The van der Waals surface area contributed by atoms with E-state index in [1.165, 1.54) is 0 Å². The van der Waals surface area contributed by atoms with Crippen molar-refractivity contribution in [3.05, 3.63) is 36.2 Å². The normalized spacial score (nSPS) is 18.2. The number of nitrogens with zero attached hydrogens (tertiary/aromatic N) is 3. The molecule has 2 aromatic heterocycles. The van der Waals surface area contributed by atoms with E-state index in [0.717, 1.165) is 24.9 Å². The fourth-order valence-electron chi connectivity index (χ4n) is 2.84. The van der Waals surface area contributed by atoms with Crippen LogP contribution in [0.3, 0.4) is 0 Å². The Balaban J connectivity index is 1.82. The van der Waals surface area contributed by atoms with Crippen LogP contribution >= 0.6 is 0 Å². The Labute approximate surface area is 123 Å². The lowest BCUT2D eigenvalue weighted by molar-refractivity contribution is 0.0708. The number of fused-ring (bicyclic) bond motifs is 1. The largest absolute Gasteiger partial charge is 0.395 e.